The molecule has 7 aliphatic rings. The van der Waals surface area contributed by atoms with Crippen LogP contribution in [0.15, 0.2) is 12.2 Å². The molecule has 4 saturated carbocycles. The fourth-order valence-electron chi connectivity index (χ4n) is 14.9. The minimum absolute atomic E-state index is 0.115. The molecule has 394 valence electrons. The van der Waals surface area contributed by atoms with E-state index in [9.17, 15) is 71.5 Å². The van der Waals surface area contributed by atoms with Crippen LogP contribution in [0.25, 0.3) is 0 Å². The van der Waals surface area contributed by atoms with Gasteiger partial charge in [0.1, 0.15) is 73.2 Å². The lowest BCUT2D eigenvalue weighted by molar-refractivity contribution is -0.383. The molecule has 0 radical (unpaired) electrons. The van der Waals surface area contributed by atoms with Gasteiger partial charge < -0.3 is 99.9 Å². The third-order valence-electron chi connectivity index (χ3n) is 18.6. The topological polar surface area (TPSA) is 339 Å². The molecule has 20 heteroatoms. The molecule has 0 bridgehead atoms. The lowest BCUT2D eigenvalue weighted by Crippen LogP contribution is -2.70. The summed E-state index contributed by atoms with van der Waals surface area (Å²) in [6, 6.07) is 0. The summed E-state index contributed by atoms with van der Waals surface area (Å²) in [4.78, 5) is 0. The maximum absolute atomic E-state index is 12.7. The summed E-state index contributed by atoms with van der Waals surface area (Å²) < 4.78 is 36.7. The van der Waals surface area contributed by atoms with Crippen LogP contribution in [0.4, 0.5) is 0 Å². The van der Waals surface area contributed by atoms with E-state index in [1.165, 1.54) is 0 Å². The Morgan fingerprint density at radius 3 is 1.66 bits per heavy atom. The van der Waals surface area contributed by atoms with Gasteiger partial charge in [0.2, 0.25) is 0 Å². The number of ether oxygens (including phenoxy) is 6. The molecule has 0 aromatic carbocycles. The van der Waals surface area contributed by atoms with E-state index in [2.05, 4.69) is 20.8 Å². The van der Waals surface area contributed by atoms with Crippen molar-refractivity contribution in [2.75, 3.05) is 19.8 Å². The predicted molar refractivity (Wildman–Crippen MR) is 236 cm³/mol. The van der Waals surface area contributed by atoms with Crippen LogP contribution in [0, 0.1) is 45.3 Å². The van der Waals surface area contributed by atoms with Gasteiger partial charge in [-0.15, -0.1) is 0 Å². The van der Waals surface area contributed by atoms with Gasteiger partial charge in [0.05, 0.1) is 49.3 Å². The first-order valence-corrected chi connectivity index (χ1v) is 24.5. The minimum atomic E-state index is -1.86. The minimum Gasteiger partial charge on any atom is -0.394 e. The summed E-state index contributed by atoms with van der Waals surface area (Å²) in [7, 11) is 0. The third-order valence-corrected chi connectivity index (χ3v) is 18.6. The van der Waals surface area contributed by atoms with Crippen LogP contribution in [-0.4, -0.2) is 213 Å². The lowest BCUT2D eigenvalue weighted by atomic mass is 9.35. The number of rotatable bonds is 13. The van der Waals surface area contributed by atoms with Gasteiger partial charge in [-0.3, -0.25) is 0 Å². The molecule has 4 aliphatic carbocycles. The predicted octanol–water partition coefficient (Wildman–Crippen LogP) is -2.09. The molecule has 0 amide bonds. The van der Waals surface area contributed by atoms with Gasteiger partial charge in [-0.25, -0.2) is 0 Å². The Bertz CT molecular complexity index is 1750. The van der Waals surface area contributed by atoms with Gasteiger partial charge in [-0.05, 0) is 111 Å². The zero-order chi connectivity index (χ0) is 50.4. The Labute approximate surface area is 398 Å². The second-order valence-electron chi connectivity index (χ2n) is 23.5. The summed E-state index contributed by atoms with van der Waals surface area (Å²) in [5, 5.41) is 152. The number of hydrogen-bond donors (Lipinski definition) is 14. The Kier molecular flexibility index (Phi) is 15.8. The second-order valence-corrected chi connectivity index (χ2v) is 23.5. The molecular formula is C48H82O20. The molecule has 0 spiro atoms. The van der Waals surface area contributed by atoms with E-state index in [0.717, 1.165) is 6.42 Å². The molecule has 3 unspecified atom stereocenters. The molecule has 14 N–H and O–H groups in total. The summed E-state index contributed by atoms with van der Waals surface area (Å²) in [6.07, 6.45) is -20.0. The molecule has 26 atom stereocenters. The van der Waals surface area contributed by atoms with Crippen molar-refractivity contribution >= 4 is 0 Å². The van der Waals surface area contributed by atoms with Crippen molar-refractivity contribution < 1.29 is 99.9 Å². The van der Waals surface area contributed by atoms with E-state index in [1.54, 1.807) is 26.0 Å². The van der Waals surface area contributed by atoms with Crippen molar-refractivity contribution in [3.63, 3.8) is 0 Å². The summed E-state index contributed by atoms with van der Waals surface area (Å²) in [5.74, 6) is -0.899. The van der Waals surface area contributed by atoms with Gasteiger partial charge in [-0.2, -0.15) is 0 Å². The first-order chi connectivity index (χ1) is 31.5. The van der Waals surface area contributed by atoms with Gasteiger partial charge in [0.25, 0.3) is 0 Å². The standard InChI is InChI=1S/C48H82O20/c1-43(2,62)12-9-13-48(8,68-41-37(61)34(58)31(55)25(19-50)64-41)21-10-14-47(7)29(21)22(52)16-28-45(5)17-23(53)39(44(3,4)27(45)11-15-46(28,47)6)67-42-38(35(59)32(56)26(20-51)65-42)66-40-36(60)33(57)30(54)24(18-49)63-40/h9,12,21-42,49-62H,10-11,13-20H2,1-8H3/b12-9+/t21-,22+,23+,24+,25+,26+,27?,28?,29?,30+,31+,32+,33-,34-,35-,36+,37+,38+,39-,40-,41-,42-,45-,46+,47+,48-/m0/s1. The first kappa shape index (κ1) is 54.7. The molecule has 3 aliphatic heterocycles. The Morgan fingerprint density at radius 1 is 0.588 bits per heavy atom. The highest BCUT2D eigenvalue weighted by molar-refractivity contribution is 5.21. The molecule has 68 heavy (non-hydrogen) atoms. The van der Waals surface area contributed by atoms with E-state index in [4.69, 9.17) is 28.4 Å². The lowest BCUT2D eigenvalue weighted by Gasteiger charge is -2.71. The Morgan fingerprint density at radius 2 is 1.10 bits per heavy atom. The van der Waals surface area contributed by atoms with Gasteiger partial charge >= 0.3 is 0 Å². The van der Waals surface area contributed by atoms with Gasteiger partial charge in [-0.1, -0.05) is 46.8 Å². The van der Waals surface area contributed by atoms with E-state index >= 15 is 0 Å². The summed E-state index contributed by atoms with van der Waals surface area (Å²) in [5.41, 5.74) is -4.59. The number of fused-ring (bicyclic) bond motifs is 5. The van der Waals surface area contributed by atoms with Crippen molar-refractivity contribution in [2.24, 2.45) is 45.3 Å². The smallest absolute Gasteiger partial charge is 0.187 e. The van der Waals surface area contributed by atoms with E-state index < -0.39 is 163 Å². The average molecular weight is 979 g/mol. The number of hydrogen-bond acceptors (Lipinski definition) is 20. The maximum atomic E-state index is 12.7. The highest BCUT2D eigenvalue weighted by Gasteiger charge is 2.73. The summed E-state index contributed by atoms with van der Waals surface area (Å²) in [6.45, 7) is 13.7. The molecule has 3 heterocycles. The fourth-order valence-corrected chi connectivity index (χ4v) is 14.9. The highest BCUT2D eigenvalue weighted by atomic mass is 16.8. The Balaban J connectivity index is 1.16. The molecule has 3 saturated heterocycles. The van der Waals surface area contributed by atoms with Crippen LogP contribution in [0.1, 0.15) is 100 Å². The van der Waals surface area contributed by atoms with Crippen LogP contribution in [0.5, 0.6) is 0 Å². The van der Waals surface area contributed by atoms with Crippen molar-refractivity contribution in [1.29, 1.82) is 0 Å². The largest absolute Gasteiger partial charge is 0.394 e. The Hall–Kier alpha value is -1.06. The SMILES string of the molecule is CC(C)(O)/C=C/C[C@](C)(O[C@@H]1O[C@H](CO)[C@@H](O)[C@H](O)[C@H]1O)[C@H]1CC[C@]2(C)C1[C@H](O)CC1[C@@]3(C)C[C@@H](O)[C@H](O[C@@H]4O[C@H](CO)[C@@H](O)[C@H](O)[C@H]4O[C@@H]4O[C@H](CO)[C@@H](O)[C@H](O)[C@H]4O)C(C)(C)C3CC[C@]12C. The molecule has 7 rings (SSSR count). The normalized spacial score (nSPS) is 52.8. The van der Waals surface area contributed by atoms with Crippen molar-refractivity contribution in [1.82, 2.24) is 0 Å². The fraction of sp³-hybridized carbons (Fsp3) is 0.958. The van der Waals surface area contributed by atoms with Crippen LogP contribution in [0.3, 0.4) is 0 Å². The summed E-state index contributed by atoms with van der Waals surface area (Å²) >= 11 is 0. The van der Waals surface area contributed by atoms with E-state index in [-0.39, 0.29) is 36.5 Å². The van der Waals surface area contributed by atoms with Crippen LogP contribution < -0.4 is 0 Å². The highest BCUT2D eigenvalue weighted by Crippen LogP contribution is 2.76. The van der Waals surface area contributed by atoms with E-state index in [0.29, 0.717) is 25.7 Å². The molecular weight excluding hydrogens is 897 g/mol. The van der Waals surface area contributed by atoms with Crippen LogP contribution >= 0.6 is 0 Å². The maximum Gasteiger partial charge on any atom is 0.187 e. The van der Waals surface area contributed by atoms with Gasteiger partial charge in [0.15, 0.2) is 18.9 Å². The van der Waals surface area contributed by atoms with Crippen molar-refractivity contribution in [3.05, 3.63) is 12.2 Å². The van der Waals surface area contributed by atoms with Crippen molar-refractivity contribution in [2.45, 2.75) is 222 Å². The van der Waals surface area contributed by atoms with Crippen LogP contribution in [-0.2, 0) is 28.4 Å². The molecule has 0 aromatic heterocycles. The zero-order valence-corrected chi connectivity index (χ0v) is 40.6. The third kappa shape index (κ3) is 9.19. The molecule has 7 fully saturated rings. The van der Waals surface area contributed by atoms with Crippen molar-refractivity contribution in [3.8, 4) is 0 Å². The number of aliphatic hydroxyl groups is 14. The average Bonchev–Trinajstić information content (AvgIpc) is 3.65. The first-order valence-electron chi connectivity index (χ1n) is 24.5. The zero-order valence-electron chi connectivity index (χ0n) is 40.6. The van der Waals surface area contributed by atoms with Gasteiger partial charge in [0, 0.05) is 0 Å². The number of aliphatic hydroxyl groups excluding tert-OH is 13. The quantitative estimate of drug-likeness (QED) is 0.0695. The van der Waals surface area contributed by atoms with Crippen LogP contribution in [0.2, 0.25) is 0 Å². The van der Waals surface area contributed by atoms with E-state index in [1.807, 2.05) is 20.8 Å². The monoisotopic (exact) mass is 979 g/mol. The second kappa shape index (κ2) is 19.7. The molecule has 20 nitrogen and oxygen atoms in total. The molecule has 0 aromatic rings.